The van der Waals surface area contributed by atoms with E-state index in [1.54, 1.807) is 0 Å². The summed E-state index contributed by atoms with van der Waals surface area (Å²) >= 11 is 0. The van der Waals surface area contributed by atoms with Crippen molar-refractivity contribution in [3.63, 3.8) is 0 Å². The fraction of sp³-hybridized carbons (Fsp3) is 1.00. The fourth-order valence-corrected chi connectivity index (χ4v) is 2.44. The molecule has 1 saturated heterocycles. The number of nitrogens with zero attached hydrogens (tertiary/aromatic N) is 2. The lowest BCUT2D eigenvalue weighted by Gasteiger charge is -2.41. The quantitative estimate of drug-likeness (QED) is 0.682. The first-order chi connectivity index (χ1) is 6.67. The van der Waals surface area contributed by atoms with Crippen molar-refractivity contribution in [2.75, 3.05) is 32.7 Å². The van der Waals surface area contributed by atoms with Crippen LogP contribution in [0.1, 0.15) is 34.1 Å². The Hall–Kier alpha value is -0.0800. The van der Waals surface area contributed by atoms with Crippen LogP contribution < -0.4 is 0 Å². The highest BCUT2D eigenvalue weighted by atomic mass is 15.3. The third-order valence-electron chi connectivity index (χ3n) is 3.19. The van der Waals surface area contributed by atoms with Crippen molar-refractivity contribution in [2.45, 2.75) is 40.2 Å². The molecule has 1 aliphatic heterocycles. The summed E-state index contributed by atoms with van der Waals surface area (Å²) < 4.78 is 0. The minimum atomic E-state index is 0.799. The Balaban J connectivity index is 2.40. The molecular weight excluding hydrogens is 172 g/mol. The van der Waals surface area contributed by atoms with Crippen LogP contribution in [0.25, 0.3) is 0 Å². The average Bonchev–Trinajstić information content (AvgIpc) is 2.16. The van der Waals surface area contributed by atoms with Crippen molar-refractivity contribution < 1.29 is 0 Å². The Labute approximate surface area is 89.3 Å². The maximum absolute atomic E-state index is 2.63. The van der Waals surface area contributed by atoms with E-state index in [0.29, 0.717) is 0 Å². The van der Waals surface area contributed by atoms with Gasteiger partial charge < -0.3 is 4.90 Å². The van der Waals surface area contributed by atoms with E-state index in [1.165, 1.54) is 39.1 Å². The largest absolute Gasteiger partial charge is 0.300 e. The molecule has 0 spiro atoms. The van der Waals surface area contributed by atoms with Crippen LogP contribution in [0.15, 0.2) is 0 Å². The predicted molar refractivity (Wildman–Crippen MR) is 62.6 cm³/mol. The molecule has 1 heterocycles. The lowest BCUT2D eigenvalue weighted by molar-refractivity contribution is 0.0696. The second kappa shape index (κ2) is 5.72. The van der Waals surface area contributed by atoms with E-state index in [1.807, 2.05) is 0 Å². The highest BCUT2D eigenvalue weighted by molar-refractivity contribution is 4.80. The van der Waals surface area contributed by atoms with Gasteiger partial charge in [-0.15, -0.1) is 0 Å². The van der Waals surface area contributed by atoms with Crippen molar-refractivity contribution in [3.8, 4) is 0 Å². The third-order valence-corrected chi connectivity index (χ3v) is 3.19. The minimum Gasteiger partial charge on any atom is -0.300 e. The molecular formula is C12H26N2. The molecule has 14 heavy (non-hydrogen) atoms. The highest BCUT2D eigenvalue weighted by Crippen LogP contribution is 2.13. The maximum Gasteiger partial charge on any atom is 0.0220 e. The van der Waals surface area contributed by atoms with Gasteiger partial charge in [0.2, 0.25) is 0 Å². The van der Waals surface area contributed by atoms with E-state index in [9.17, 15) is 0 Å². The van der Waals surface area contributed by atoms with Crippen LogP contribution in [0.4, 0.5) is 0 Å². The van der Waals surface area contributed by atoms with Gasteiger partial charge in [-0.3, -0.25) is 4.90 Å². The molecule has 0 saturated carbocycles. The summed E-state index contributed by atoms with van der Waals surface area (Å²) in [4.78, 5) is 5.25. The van der Waals surface area contributed by atoms with Crippen LogP contribution in [0.5, 0.6) is 0 Å². The first kappa shape index (κ1) is 12.0. The zero-order valence-corrected chi connectivity index (χ0v) is 10.3. The minimum absolute atomic E-state index is 0.799. The second-order valence-corrected chi connectivity index (χ2v) is 4.84. The second-order valence-electron chi connectivity index (χ2n) is 4.84. The van der Waals surface area contributed by atoms with E-state index in [4.69, 9.17) is 0 Å². The summed E-state index contributed by atoms with van der Waals surface area (Å²) in [5.41, 5.74) is 0. The van der Waals surface area contributed by atoms with Crippen LogP contribution in [0, 0.1) is 5.92 Å². The first-order valence-corrected chi connectivity index (χ1v) is 6.13. The molecule has 0 radical (unpaired) electrons. The molecule has 0 aliphatic carbocycles. The molecule has 1 rings (SSSR count). The monoisotopic (exact) mass is 198 g/mol. The zero-order valence-electron chi connectivity index (χ0n) is 10.3. The topological polar surface area (TPSA) is 6.48 Å². The molecule has 84 valence electrons. The Morgan fingerprint density at radius 1 is 1.21 bits per heavy atom. The lowest BCUT2D eigenvalue weighted by Crippen LogP contribution is -2.53. The number of hydrogen-bond acceptors (Lipinski definition) is 2. The standard InChI is InChI=1S/C12H26N2/c1-5-12-10-13(9-11(3)4)7-8-14(12)6-2/h11-12H,5-10H2,1-4H3. The van der Waals surface area contributed by atoms with Gasteiger partial charge in [0.1, 0.15) is 0 Å². The molecule has 0 N–H and O–H groups in total. The smallest absolute Gasteiger partial charge is 0.0220 e. The Kier molecular flexibility index (Phi) is 4.90. The molecule has 0 aromatic carbocycles. The number of hydrogen-bond donors (Lipinski definition) is 0. The molecule has 2 heteroatoms. The van der Waals surface area contributed by atoms with E-state index >= 15 is 0 Å². The average molecular weight is 198 g/mol. The van der Waals surface area contributed by atoms with E-state index < -0.39 is 0 Å². The van der Waals surface area contributed by atoms with E-state index in [0.717, 1.165) is 12.0 Å². The van der Waals surface area contributed by atoms with Gasteiger partial charge in [-0.05, 0) is 18.9 Å². The van der Waals surface area contributed by atoms with Crippen LogP contribution in [-0.2, 0) is 0 Å². The highest BCUT2D eigenvalue weighted by Gasteiger charge is 2.24. The van der Waals surface area contributed by atoms with Gasteiger partial charge in [0.25, 0.3) is 0 Å². The normalized spacial score (nSPS) is 25.9. The molecule has 0 bridgehead atoms. The van der Waals surface area contributed by atoms with Crippen molar-refractivity contribution in [2.24, 2.45) is 5.92 Å². The SMILES string of the molecule is CCC1CN(CC(C)C)CCN1CC. The molecule has 0 amide bonds. The van der Waals surface area contributed by atoms with E-state index in [2.05, 4.69) is 37.5 Å². The number of rotatable bonds is 4. The molecule has 0 aromatic heterocycles. The summed E-state index contributed by atoms with van der Waals surface area (Å²) in [5.74, 6) is 0.806. The van der Waals surface area contributed by atoms with Gasteiger partial charge in [0, 0.05) is 32.2 Å². The maximum atomic E-state index is 2.63. The van der Waals surface area contributed by atoms with Crippen LogP contribution in [0.2, 0.25) is 0 Å². The number of piperazine rings is 1. The molecule has 1 fully saturated rings. The van der Waals surface area contributed by atoms with Gasteiger partial charge >= 0.3 is 0 Å². The van der Waals surface area contributed by atoms with Gasteiger partial charge in [-0.25, -0.2) is 0 Å². The first-order valence-electron chi connectivity index (χ1n) is 6.13. The van der Waals surface area contributed by atoms with Gasteiger partial charge in [0.15, 0.2) is 0 Å². The summed E-state index contributed by atoms with van der Waals surface area (Å²) in [6.07, 6.45) is 1.29. The molecule has 2 nitrogen and oxygen atoms in total. The van der Waals surface area contributed by atoms with Crippen LogP contribution in [0.3, 0.4) is 0 Å². The zero-order chi connectivity index (χ0) is 10.6. The summed E-state index contributed by atoms with van der Waals surface area (Å²) in [6.45, 7) is 15.5. The van der Waals surface area contributed by atoms with Crippen molar-refractivity contribution in [1.82, 2.24) is 9.80 Å². The Bertz CT molecular complexity index is 156. The van der Waals surface area contributed by atoms with Gasteiger partial charge in [0.05, 0.1) is 0 Å². The van der Waals surface area contributed by atoms with Crippen LogP contribution in [-0.4, -0.2) is 48.6 Å². The summed E-state index contributed by atoms with van der Waals surface area (Å²) in [6, 6.07) is 0.799. The summed E-state index contributed by atoms with van der Waals surface area (Å²) in [7, 11) is 0. The lowest BCUT2D eigenvalue weighted by atomic mass is 10.1. The molecule has 1 atom stereocenters. The summed E-state index contributed by atoms with van der Waals surface area (Å²) in [5, 5.41) is 0. The fourth-order valence-electron chi connectivity index (χ4n) is 2.44. The third kappa shape index (κ3) is 3.25. The van der Waals surface area contributed by atoms with Gasteiger partial charge in [-0.1, -0.05) is 27.7 Å². The van der Waals surface area contributed by atoms with Gasteiger partial charge in [-0.2, -0.15) is 0 Å². The van der Waals surface area contributed by atoms with Crippen molar-refractivity contribution >= 4 is 0 Å². The molecule has 1 aliphatic rings. The molecule has 0 aromatic rings. The van der Waals surface area contributed by atoms with Crippen molar-refractivity contribution in [3.05, 3.63) is 0 Å². The predicted octanol–water partition coefficient (Wildman–Crippen LogP) is 2.06. The van der Waals surface area contributed by atoms with E-state index in [-0.39, 0.29) is 0 Å². The Morgan fingerprint density at radius 3 is 2.43 bits per heavy atom. The van der Waals surface area contributed by atoms with Crippen LogP contribution >= 0.6 is 0 Å². The Morgan fingerprint density at radius 2 is 1.93 bits per heavy atom. The van der Waals surface area contributed by atoms with Crippen molar-refractivity contribution in [1.29, 1.82) is 0 Å². The molecule has 1 unspecified atom stereocenters. The number of likely N-dealkylation sites (N-methyl/N-ethyl adjacent to an activating group) is 1.